The maximum absolute atomic E-state index is 14.5. The van der Waals surface area contributed by atoms with Crippen molar-refractivity contribution in [2.45, 2.75) is 19.5 Å². The molecule has 0 aliphatic heterocycles. The number of hydrogen-bond acceptors (Lipinski definition) is 2. The van der Waals surface area contributed by atoms with Crippen molar-refractivity contribution >= 4 is 15.9 Å². The van der Waals surface area contributed by atoms with Crippen LogP contribution in [0, 0.1) is 5.92 Å². The van der Waals surface area contributed by atoms with Gasteiger partial charge in [-0.2, -0.15) is 5.10 Å². The predicted molar refractivity (Wildman–Crippen MR) is 57.6 cm³/mol. The van der Waals surface area contributed by atoms with Gasteiger partial charge in [0, 0.05) is 13.6 Å². The zero-order valence-corrected chi connectivity index (χ0v) is 10.2. The summed E-state index contributed by atoms with van der Waals surface area (Å²) >= 11 is 3.28. The van der Waals surface area contributed by atoms with Crippen LogP contribution in [0.2, 0.25) is 0 Å². The summed E-state index contributed by atoms with van der Waals surface area (Å²) in [6, 6.07) is 0. The van der Waals surface area contributed by atoms with Gasteiger partial charge in [-0.25, -0.2) is 4.39 Å². The van der Waals surface area contributed by atoms with E-state index in [9.17, 15) is 4.39 Å². The number of aryl methyl sites for hydroxylation is 1. The third-order valence-corrected chi connectivity index (χ3v) is 3.08. The van der Waals surface area contributed by atoms with Crippen molar-refractivity contribution in [3.8, 4) is 0 Å². The number of nitrogens with two attached hydrogens (primary N) is 1. The lowest BCUT2D eigenvalue weighted by atomic mass is 9.89. The average Bonchev–Trinajstić information content (AvgIpc) is 2.45. The molecule has 1 aromatic heterocycles. The van der Waals surface area contributed by atoms with Crippen LogP contribution in [-0.2, 0) is 12.7 Å². The zero-order valence-electron chi connectivity index (χ0n) is 8.59. The fourth-order valence-electron chi connectivity index (χ4n) is 1.48. The van der Waals surface area contributed by atoms with Crippen LogP contribution in [-0.4, -0.2) is 16.3 Å². The SMILES string of the molecule is CC(C)C(F)(CN)c1c(Br)cnn1C. The molecule has 0 aromatic carbocycles. The molecule has 0 fully saturated rings. The van der Waals surface area contributed by atoms with Crippen LogP contribution in [0.3, 0.4) is 0 Å². The third kappa shape index (κ3) is 1.70. The van der Waals surface area contributed by atoms with E-state index in [1.165, 1.54) is 4.68 Å². The Labute approximate surface area is 91.6 Å². The van der Waals surface area contributed by atoms with Crippen molar-refractivity contribution in [2.75, 3.05) is 6.54 Å². The highest BCUT2D eigenvalue weighted by Gasteiger charge is 2.38. The van der Waals surface area contributed by atoms with Crippen LogP contribution in [0.4, 0.5) is 4.39 Å². The van der Waals surface area contributed by atoms with Crippen molar-refractivity contribution in [3.63, 3.8) is 0 Å². The van der Waals surface area contributed by atoms with Gasteiger partial charge in [0.1, 0.15) is 0 Å². The van der Waals surface area contributed by atoms with Crippen molar-refractivity contribution < 1.29 is 4.39 Å². The highest BCUT2D eigenvalue weighted by atomic mass is 79.9. The lowest BCUT2D eigenvalue weighted by Gasteiger charge is -2.28. The molecule has 1 atom stereocenters. The predicted octanol–water partition coefficient (Wildman–Crippen LogP) is 1.96. The highest BCUT2D eigenvalue weighted by molar-refractivity contribution is 9.10. The molecule has 0 spiro atoms. The topological polar surface area (TPSA) is 43.8 Å². The first kappa shape index (κ1) is 11.7. The molecule has 2 N–H and O–H groups in total. The minimum absolute atomic E-state index is 0.0389. The van der Waals surface area contributed by atoms with Crippen LogP contribution in [0.25, 0.3) is 0 Å². The van der Waals surface area contributed by atoms with Crippen molar-refractivity contribution in [2.24, 2.45) is 18.7 Å². The molecule has 0 aliphatic rings. The molecule has 1 aromatic rings. The number of aromatic nitrogens is 2. The Balaban J connectivity index is 3.25. The van der Waals surface area contributed by atoms with Gasteiger partial charge >= 0.3 is 0 Å². The first-order valence-electron chi connectivity index (χ1n) is 4.50. The Kier molecular flexibility index (Phi) is 3.32. The van der Waals surface area contributed by atoms with Crippen LogP contribution in [0.5, 0.6) is 0 Å². The molecule has 0 saturated carbocycles. The second kappa shape index (κ2) is 3.98. The number of halogens is 2. The van der Waals surface area contributed by atoms with E-state index in [2.05, 4.69) is 21.0 Å². The Hall–Kier alpha value is -0.420. The van der Waals surface area contributed by atoms with E-state index in [1.54, 1.807) is 13.2 Å². The minimum Gasteiger partial charge on any atom is -0.327 e. The highest BCUT2D eigenvalue weighted by Crippen LogP contribution is 2.36. The Bertz CT molecular complexity index is 304. The van der Waals surface area contributed by atoms with Crippen molar-refractivity contribution in [3.05, 3.63) is 16.4 Å². The van der Waals surface area contributed by atoms with Gasteiger partial charge in [0.15, 0.2) is 5.67 Å². The van der Waals surface area contributed by atoms with E-state index in [0.29, 0.717) is 10.2 Å². The molecular formula is C9H15BrFN3. The summed E-state index contributed by atoms with van der Waals surface area (Å²) in [5.74, 6) is -0.181. The molecule has 5 heteroatoms. The second-order valence-electron chi connectivity index (χ2n) is 3.69. The van der Waals surface area contributed by atoms with E-state index >= 15 is 0 Å². The summed E-state index contributed by atoms with van der Waals surface area (Å²) in [4.78, 5) is 0. The summed E-state index contributed by atoms with van der Waals surface area (Å²) in [7, 11) is 1.71. The fourth-order valence-corrected chi connectivity index (χ4v) is 2.16. The summed E-state index contributed by atoms with van der Waals surface area (Å²) in [5, 5.41) is 3.99. The maximum Gasteiger partial charge on any atom is 0.167 e. The standard InChI is InChI=1S/C9H15BrFN3/c1-6(2)9(11,5-12)8-7(10)4-13-14(8)3/h4,6H,5,12H2,1-3H3. The number of alkyl halides is 1. The lowest BCUT2D eigenvalue weighted by molar-refractivity contribution is 0.0977. The Morgan fingerprint density at radius 3 is 2.57 bits per heavy atom. The Morgan fingerprint density at radius 1 is 1.71 bits per heavy atom. The van der Waals surface area contributed by atoms with Crippen molar-refractivity contribution in [1.82, 2.24) is 9.78 Å². The molecule has 0 saturated heterocycles. The fraction of sp³-hybridized carbons (Fsp3) is 0.667. The lowest BCUT2D eigenvalue weighted by Crippen LogP contribution is -2.37. The van der Waals surface area contributed by atoms with Crippen LogP contribution in [0.1, 0.15) is 19.5 Å². The summed E-state index contributed by atoms with van der Waals surface area (Å²) in [6.07, 6.45) is 1.59. The monoisotopic (exact) mass is 263 g/mol. The Morgan fingerprint density at radius 2 is 2.29 bits per heavy atom. The normalized spacial score (nSPS) is 15.9. The van der Waals surface area contributed by atoms with Crippen LogP contribution >= 0.6 is 15.9 Å². The zero-order chi connectivity index (χ0) is 10.9. The molecule has 1 rings (SSSR count). The van der Waals surface area contributed by atoms with Gasteiger partial charge in [-0.3, -0.25) is 4.68 Å². The number of nitrogens with zero attached hydrogens (tertiary/aromatic N) is 2. The largest absolute Gasteiger partial charge is 0.327 e. The van der Waals surface area contributed by atoms with Gasteiger partial charge in [0.25, 0.3) is 0 Å². The van der Waals surface area contributed by atoms with E-state index < -0.39 is 5.67 Å². The maximum atomic E-state index is 14.5. The number of rotatable bonds is 3. The molecule has 0 radical (unpaired) electrons. The van der Waals surface area contributed by atoms with E-state index in [-0.39, 0.29) is 12.5 Å². The minimum atomic E-state index is -1.52. The van der Waals surface area contributed by atoms with E-state index in [4.69, 9.17) is 5.73 Å². The molecule has 1 heterocycles. The quantitative estimate of drug-likeness (QED) is 0.906. The van der Waals surface area contributed by atoms with Gasteiger partial charge < -0.3 is 5.73 Å². The third-order valence-electron chi connectivity index (χ3n) is 2.50. The molecule has 80 valence electrons. The van der Waals surface area contributed by atoms with E-state index in [0.717, 1.165) is 0 Å². The van der Waals surface area contributed by atoms with Gasteiger partial charge in [0.2, 0.25) is 0 Å². The number of hydrogen-bond donors (Lipinski definition) is 1. The molecular weight excluding hydrogens is 249 g/mol. The molecule has 0 bridgehead atoms. The molecule has 14 heavy (non-hydrogen) atoms. The van der Waals surface area contributed by atoms with Crippen LogP contribution in [0.15, 0.2) is 10.7 Å². The molecule has 1 unspecified atom stereocenters. The molecule has 0 aliphatic carbocycles. The van der Waals surface area contributed by atoms with Gasteiger partial charge in [-0.15, -0.1) is 0 Å². The van der Waals surface area contributed by atoms with Crippen molar-refractivity contribution in [1.29, 1.82) is 0 Å². The second-order valence-corrected chi connectivity index (χ2v) is 4.54. The van der Waals surface area contributed by atoms with E-state index in [1.807, 2.05) is 13.8 Å². The first-order valence-corrected chi connectivity index (χ1v) is 5.29. The summed E-state index contributed by atoms with van der Waals surface area (Å²) < 4.78 is 16.7. The smallest absolute Gasteiger partial charge is 0.167 e. The average molecular weight is 264 g/mol. The van der Waals surface area contributed by atoms with Gasteiger partial charge in [-0.1, -0.05) is 13.8 Å². The summed E-state index contributed by atoms with van der Waals surface area (Å²) in [6.45, 7) is 3.58. The van der Waals surface area contributed by atoms with Gasteiger partial charge in [-0.05, 0) is 21.8 Å². The molecule has 3 nitrogen and oxygen atoms in total. The van der Waals surface area contributed by atoms with Crippen LogP contribution < -0.4 is 5.73 Å². The first-order chi connectivity index (χ1) is 6.43. The van der Waals surface area contributed by atoms with Gasteiger partial charge in [0.05, 0.1) is 16.4 Å². The summed E-state index contributed by atoms with van der Waals surface area (Å²) in [5.41, 5.74) is 4.49. The molecule has 0 amide bonds.